The van der Waals surface area contributed by atoms with E-state index in [2.05, 4.69) is 29.8 Å². The molecular formula is C18H21N3O. The van der Waals surface area contributed by atoms with Gasteiger partial charge in [0.2, 0.25) is 17.5 Å². The van der Waals surface area contributed by atoms with Gasteiger partial charge in [0, 0.05) is 18.7 Å². The summed E-state index contributed by atoms with van der Waals surface area (Å²) in [5.41, 5.74) is 2.48. The zero-order valence-electron chi connectivity index (χ0n) is 13.3. The van der Waals surface area contributed by atoms with E-state index in [1.165, 1.54) is 12.0 Å². The van der Waals surface area contributed by atoms with Crippen LogP contribution in [0.3, 0.4) is 0 Å². The van der Waals surface area contributed by atoms with Crippen molar-refractivity contribution in [3.63, 3.8) is 0 Å². The van der Waals surface area contributed by atoms with Gasteiger partial charge in [0.1, 0.15) is 6.07 Å². The zero-order valence-corrected chi connectivity index (χ0v) is 13.3. The van der Waals surface area contributed by atoms with Crippen LogP contribution in [0.25, 0.3) is 11.5 Å². The normalized spacial score (nSPS) is 21.6. The Morgan fingerprint density at radius 2 is 1.82 bits per heavy atom. The van der Waals surface area contributed by atoms with E-state index in [0.29, 0.717) is 29.3 Å². The third kappa shape index (κ3) is 2.85. The summed E-state index contributed by atoms with van der Waals surface area (Å²) in [6, 6.07) is 10.2. The summed E-state index contributed by atoms with van der Waals surface area (Å²) in [5.74, 6) is 2.35. The lowest BCUT2D eigenvalue weighted by atomic mass is 9.92. The number of hydrogen-bond donors (Lipinski definition) is 0. The number of hydrogen-bond acceptors (Lipinski definition) is 4. The smallest absolute Gasteiger partial charge is 0.235 e. The number of nitrogens with zero attached hydrogens (tertiary/aromatic N) is 3. The lowest BCUT2D eigenvalue weighted by Crippen LogP contribution is -2.38. The molecule has 2 atom stereocenters. The molecule has 4 heteroatoms. The topological polar surface area (TPSA) is 53.1 Å². The van der Waals surface area contributed by atoms with Crippen LogP contribution in [0.5, 0.6) is 0 Å². The molecule has 0 unspecified atom stereocenters. The van der Waals surface area contributed by atoms with Crippen molar-refractivity contribution in [1.82, 2.24) is 4.98 Å². The van der Waals surface area contributed by atoms with Gasteiger partial charge in [-0.3, -0.25) is 0 Å². The Bertz CT molecular complexity index is 686. The molecule has 3 rings (SSSR count). The molecule has 2 aromatic rings. The molecular weight excluding hydrogens is 274 g/mol. The van der Waals surface area contributed by atoms with Crippen molar-refractivity contribution in [3.8, 4) is 17.5 Å². The Morgan fingerprint density at radius 1 is 1.18 bits per heavy atom. The highest BCUT2D eigenvalue weighted by Gasteiger charge is 2.27. The largest absolute Gasteiger partial charge is 0.419 e. The first-order valence-electron chi connectivity index (χ1n) is 7.79. The van der Waals surface area contributed by atoms with Crippen LogP contribution in [0.1, 0.15) is 31.5 Å². The van der Waals surface area contributed by atoms with E-state index in [0.717, 1.165) is 18.7 Å². The molecule has 2 heterocycles. The van der Waals surface area contributed by atoms with Crippen LogP contribution < -0.4 is 4.90 Å². The van der Waals surface area contributed by atoms with Crippen molar-refractivity contribution in [2.45, 2.75) is 27.2 Å². The molecule has 1 aromatic carbocycles. The first-order valence-corrected chi connectivity index (χ1v) is 7.79. The molecule has 22 heavy (non-hydrogen) atoms. The Morgan fingerprint density at radius 3 is 2.41 bits per heavy atom. The first-order chi connectivity index (χ1) is 10.6. The number of oxazole rings is 1. The fourth-order valence-corrected chi connectivity index (χ4v) is 3.25. The van der Waals surface area contributed by atoms with Crippen LogP contribution in [-0.4, -0.2) is 18.1 Å². The van der Waals surface area contributed by atoms with Crippen LogP contribution in [-0.2, 0) is 0 Å². The lowest BCUT2D eigenvalue weighted by Gasteiger charge is -2.34. The van der Waals surface area contributed by atoms with Crippen molar-refractivity contribution in [2.75, 3.05) is 18.0 Å². The summed E-state index contributed by atoms with van der Waals surface area (Å²) in [6.07, 6.45) is 1.22. The van der Waals surface area contributed by atoms with Gasteiger partial charge in [-0.25, -0.2) is 0 Å². The average molecular weight is 295 g/mol. The highest BCUT2D eigenvalue weighted by molar-refractivity contribution is 5.60. The molecule has 1 aliphatic rings. The molecule has 1 aromatic heterocycles. The average Bonchev–Trinajstić information content (AvgIpc) is 2.91. The van der Waals surface area contributed by atoms with Crippen LogP contribution in [0.15, 0.2) is 28.7 Å². The minimum Gasteiger partial charge on any atom is -0.419 e. The number of rotatable bonds is 2. The molecule has 0 aliphatic carbocycles. The molecule has 0 saturated carbocycles. The second-order valence-electron chi connectivity index (χ2n) is 6.50. The van der Waals surface area contributed by atoms with E-state index < -0.39 is 0 Å². The molecule has 0 spiro atoms. The summed E-state index contributed by atoms with van der Waals surface area (Å²) < 4.78 is 5.96. The number of aryl methyl sites for hydroxylation is 1. The quantitative estimate of drug-likeness (QED) is 0.840. The van der Waals surface area contributed by atoms with Crippen LogP contribution >= 0.6 is 0 Å². The maximum absolute atomic E-state index is 9.39. The van der Waals surface area contributed by atoms with Gasteiger partial charge in [0.25, 0.3) is 0 Å². The fourth-order valence-electron chi connectivity index (χ4n) is 3.25. The van der Waals surface area contributed by atoms with Gasteiger partial charge in [-0.15, -0.1) is 0 Å². The second kappa shape index (κ2) is 5.84. The van der Waals surface area contributed by atoms with Gasteiger partial charge < -0.3 is 9.32 Å². The molecule has 0 N–H and O–H groups in total. The summed E-state index contributed by atoms with van der Waals surface area (Å²) >= 11 is 0. The van der Waals surface area contributed by atoms with Gasteiger partial charge in [-0.1, -0.05) is 31.5 Å². The SMILES string of the molecule is Cc1ccc(-c2nc(C#N)c(N3C[C@H](C)C[C@H](C)C3)o2)cc1. The van der Waals surface area contributed by atoms with Gasteiger partial charge in [-0.2, -0.15) is 10.2 Å². The van der Waals surface area contributed by atoms with Gasteiger partial charge in [0.05, 0.1) is 0 Å². The predicted molar refractivity (Wildman–Crippen MR) is 86.5 cm³/mol. The van der Waals surface area contributed by atoms with E-state index >= 15 is 0 Å². The Labute approximate surface area is 131 Å². The maximum atomic E-state index is 9.39. The summed E-state index contributed by atoms with van der Waals surface area (Å²) in [6.45, 7) is 8.36. The molecule has 0 radical (unpaired) electrons. The van der Waals surface area contributed by atoms with Crippen LogP contribution in [0.4, 0.5) is 5.88 Å². The van der Waals surface area contributed by atoms with E-state index in [1.807, 2.05) is 31.2 Å². The highest BCUT2D eigenvalue weighted by Crippen LogP contribution is 2.32. The molecule has 0 bridgehead atoms. The van der Waals surface area contributed by atoms with E-state index in [9.17, 15) is 5.26 Å². The van der Waals surface area contributed by atoms with E-state index in [1.54, 1.807) is 0 Å². The number of benzene rings is 1. The highest BCUT2D eigenvalue weighted by atomic mass is 16.4. The summed E-state index contributed by atoms with van der Waals surface area (Å²) in [4.78, 5) is 6.55. The van der Waals surface area contributed by atoms with Crippen LogP contribution in [0, 0.1) is 30.1 Å². The van der Waals surface area contributed by atoms with Crippen molar-refractivity contribution in [3.05, 3.63) is 35.5 Å². The minimum absolute atomic E-state index is 0.386. The van der Waals surface area contributed by atoms with Crippen LogP contribution in [0.2, 0.25) is 0 Å². The van der Waals surface area contributed by atoms with Crippen molar-refractivity contribution >= 4 is 5.88 Å². The molecule has 0 amide bonds. The second-order valence-corrected chi connectivity index (χ2v) is 6.50. The monoisotopic (exact) mass is 295 g/mol. The Kier molecular flexibility index (Phi) is 3.89. The van der Waals surface area contributed by atoms with E-state index in [-0.39, 0.29) is 0 Å². The van der Waals surface area contributed by atoms with Crippen molar-refractivity contribution < 1.29 is 4.42 Å². The third-order valence-electron chi connectivity index (χ3n) is 4.17. The molecule has 1 fully saturated rings. The molecule has 1 aliphatic heterocycles. The first kappa shape index (κ1) is 14.6. The number of piperidine rings is 1. The van der Waals surface area contributed by atoms with Gasteiger partial charge >= 0.3 is 0 Å². The molecule has 4 nitrogen and oxygen atoms in total. The summed E-state index contributed by atoms with van der Waals surface area (Å²) in [5, 5.41) is 9.39. The van der Waals surface area contributed by atoms with Crippen molar-refractivity contribution in [1.29, 1.82) is 5.26 Å². The summed E-state index contributed by atoms with van der Waals surface area (Å²) in [7, 11) is 0. The Balaban J connectivity index is 1.95. The maximum Gasteiger partial charge on any atom is 0.235 e. The number of aromatic nitrogens is 1. The minimum atomic E-state index is 0.386. The predicted octanol–water partition coefficient (Wildman–Crippen LogP) is 4.00. The molecule has 114 valence electrons. The zero-order chi connectivity index (χ0) is 15.7. The van der Waals surface area contributed by atoms with Crippen molar-refractivity contribution in [2.24, 2.45) is 11.8 Å². The molecule has 1 saturated heterocycles. The Hall–Kier alpha value is -2.28. The standard InChI is InChI=1S/C18H21N3O/c1-12-4-6-15(7-5-12)17-20-16(9-19)18(22-17)21-10-13(2)8-14(3)11-21/h4-7,13-14H,8,10-11H2,1-3H3/t13-,14+. The fraction of sp³-hybridized carbons (Fsp3) is 0.444. The third-order valence-corrected chi connectivity index (χ3v) is 4.17. The lowest BCUT2D eigenvalue weighted by molar-refractivity contribution is 0.344. The van der Waals surface area contributed by atoms with E-state index in [4.69, 9.17) is 4.42 Å². The number of nitriles is 1. The van der Waals surface area contributed by atoms with Gasteiger partial charge in [-0.05, 0) is 37.3 Å². The number of anilines is 1. The van der Waals surface area contributed by atoms with Gasteiger partial charge in [0.15, 0.2) is 0 Å².